The predicted octanol–water partition coefficient (Wildman–Crippen LogP) is 5.10. The summed E-state index contributed by atoms with van der Waals surface area (Å²) in [5.41, 5.74) is 2.56. The molecule has 0 aromatic heterocycles. The molecule has 2 aromatic carbocycles. The standard InChI is InChI=1S/C22H23NOS/c1-3-8-17(9-4-1)13-15-22-14-7-12-19(22)23-20(24-22)16-25-21(23)18-10-5-2-6-11-18/h1-6,8-11,13,15,19-21H,7,12,14,16H2/b15-13+/t19-,20+,21-,22-/m1/s1. The van der Waals surface area contributed by atoms with Crippen LogP contribution in [-0.2, 0) is 4.74 Å². The quantitative estimate of drug-likeness (QED) is 0.765. The molecule has 4 atom stereocenters. The van der Waals surface area contributed by atoms with Crippen LogP contribution >= 0.6 is 11.8 Å². The Morgan fingerprint density at radius 1 is 1.04 bits per heavy atom. The number of fused-ring (bicyclic) bond motifs is 3. The molecule has 0 spiro atoms. The van der Waals surface area contributed by atoms with Crippen LogP contribution in [0.25, 0.3) is 6.08 Å². The minimum atomic E-state index is -0.103. The van der Waals surface area contributed by atoms with Gasteiger partial charge in [-0.2, -0.15) is 0 Å². The second kappa shape index (κ2) is 6.31. The van der Waals surface area contributed by atoms with Gasteiger partial charge in [-0.15, -0.1) is 11.8 Å². The van der Waals surface area contributed by atoms with Gasteiger partial charge in [0.15, 0.2) is 0 Å². The molecule has 25 heavy (non-hydrogen) atoms. The van der Waals surface area contributed by atoms with E-state index in [1.807, 2.05) is 11.8 Å². The Balaban J connectivity index is 1.45. The van der Waals surface area contributed by atoms with Crippen molar-refractivity contribution in [3.8, 4) is 0 Å². The zero-order valence-electron chi connectivity index (χ0n) is 14.3. The first-order chi connectivity index (χ1) is 12.4. The molecular weight excluding hydrogens is 326 g/mol. The second-order valence-electron chi connectivity index (χ2n) is 7.22. The van der Waals surface area contributed by atoms with E-state index in [2.05, 4.69) is 77.7 Å². The molecule has 1 saturated carbocycles. The predicted molar refractivity (Wildman–Crippen MR) is 104 cm³/mol. The van der Waals surface area contributed by atoms with Gasteiger partial charge < -0.3 is 4.74 Å². The molecule has 0 N–H and O–H groups in total. The molecule has 0 unspecified atom stereocenters. The normalized spacial score (nSPS) is 34.5. The van der Waals surface area contributed by atoms with E-state index < -0.39 is 0 Å². The van der Waals surface area contributed by atoms with E-state index in [4.69, 9.17) is 4.74 Å². The maximum Gasteiger partial charge on any atom is 0.122 e. The molecule has 2 aromatic rings. The molecule has 3 aliphatic rings. The summed E-state index contributed by atoms with van der Waals surface area (Å²) in [6, 6.07) is 22.0. The molecule has 2 aliphatic heterocycles. The lowest BCUT2D eigenvalue weighted by Crippen LogP contribution is -2.40. The topological polar surface area (TPSA) is 12.5 Å². The van der Waals surface area contributed by atoms with Crippen LogP contribution in [0.15, 0.2) is 66.7 Å². The Morgan fingerprint density at radius 2 is 1.80 bits per heavy atom. The summed E-state index contributed by atoms with van der Waals surface area (Å²) < 4.78 is 6.69. The van der Waals surface area contributed by atoms with E-state index in [1.165, 1.54) is 24.0 Å². The van der Waals surface area contributed by atoms with Crippen molar-refractivity contribution >= 4 is 17.8 Å². The van der Waals surface area contributed by atoms with Crippen LogP contribution in [0.3, 0.4) is 0 Å². The summed E-state index contributed by atoms with van der Waals surface area (Å²) in [4.78, 5) is 2.66. The molecule has 0 amide bonds. The summed E-state index contributed by atoms with van der Waals surface area (Å²) in [5, 5.41) is 0.432. The number of nitrogens with zero attached hydrogens (tertiary/aromatic N) is 1. The lowest BCUT2D eigenvalue weighted by atomic mass is 9.95. The molecule has 2 heterocycles. The summed E-state index contributed by atoms with van der Waals surface area (Å²) in [6.07, 6.45) is 8.48. The summed E-state index contributed by atoms with van der Waals surface area (Å²) in [6.45, 7) is 0. The van der Waals surface area contributed by atoms with Crippen LogP contribution in [0.1, 0.15) is 35.8 Å². The van der Waals surface area contributed by atoms with E-state index in [-0.39, 0.29) is 11.8 Å². The van der Waals surface area contributed by atoms with Crippen LogP contribution in [0.2, 0.25) is 0 Å². The van der Waals surface area contributed by atoms with Gasteiger partial charge in [0.05, 0.1) is 5.37 Å². The zero-order valence-corrected chi connectivity index (χ0v) is 15.1. The maximum absolute atomic E-state index is 6.69. The molecule has 0 bridgehead atoms. The number of hydrogen-bond acceptors (Lipinski definition) is 3. The van der Waals surface area contributed by atoms with Crippen LogP contribution in [0.5, 0.6) is 0 Å². The SMILES string of the molecule is C(=C\[C@]12CCC[C@H]1N1[C@H](CS[C@@H]1c1ccccc1)O2)/c1ccccc1. The van der Waals surface area contributed by atoms with Crippen molar-refractivity contribution in [1.29, 1.82) is 0 Å². The molecular formula is C22H23NOS. The van der Waals surface area contributed by atoms with Crippen molar-refractivity contribution in [2.24, 2.45) is 0 Å². The van der Waals surface area contributed by atoms with Gasteiger partial charge in [0.25, 0.3) is 0 Å². The third-order valence-electron chi connectivity index (χ3n) is 5.77. The highest BCUT2D eigenvalue weighted by Gasteiger charge is 2.58. The largest absolute Gasteiger partial charge is 0.350 e. The number of benzene rings is 2. The number of thioether (sulfide) groups is 1. The molecule has 2 nitrogen and oxygen atoms in total. The first-order valence-electron chi connectivity index (χ1n) is 9.22. The average molecular weight is 349 g/mol. The van der Waals surface area contributed by atoms with Crippen molar-refractivity contribution in [2.45, 2.75) is 42.5 Å². The fourth-order valence-electron chi connectivity index (χ4n) is 4.65. The Bertz CT molecular complexity index is 762. The first kappa shape index (κ1) is 15.7. The Hall–Kier alpha value is -1.55. The van der Waals surface area contributed by atoms with Crippen LogP contribution < -0.4 is 0 Å². The lowest BCUT2D eigenvalue weighted by Gasteiger charge is -2.31. The van der Waals surface area contributed by atoms with E-state index in [9.17, 15) is 0 Å². The maximum atomic E-state index is 6.69. The average Bonchev–Trinajstić information content (AvgIpc) is 3.31. The molecule has 5 rings (SSSR count). The molecule has 0 radical (unpaired) electrons. The Kier molecular flexibility index (Phi) is 3.96. The Labute approximate surface area is 153 Å². The van der Waals surface area contributed by atoms with Gasteiger partial charge in [0, 0.05) is 11.8 Å². The van der Waals surface area contributed by atoms with Gasteiger partial charge in [-0.3, -0.25) is 4.90 Å². The van der Waals surface area contributed by atoms with Gasteiger partial charge in [-0.25, -0.2) is 0 Å². The van der Waals surface area contributed by atoms with Gasteiger partial charge in [-0.05, 0) is 30.4 Å². The highest BCUT2D eigenvalue weighted by atomic mass is 32.2. The number of rotatable bonds is 3. The molecule has 1 aliphatic carbocycles. The summed E-state index contributed by atoms with van der Waals surface area (Å²) in [7, 11) is 0. The van der Waals surface area contributed by atoms with E-state index >= 15 is 0 Å². The number of hydrogen-bond donors (Lipinski definition) is 0. The third kappa shape index (κ3) is 2.66. The van der Waals surface area contributed by atoms with E-state index in [1.54, 1.807) is 0 Å². The van der Waals surface area contributed by atoms with Crippen molar-refractivity contribution < 1.29 is 4.74 Å². The van der Waals surface area contributed by atoms with E-state index in [0.717, 1.165) is 12.2 Å². The summed E-state index contributed by atoms with van der Waals surface area (Å²) >= 11 is 2.03. The van der Waals surface area contributed by atoms with Crippen molar-refractivity contribution in [2.75, 3.05) is 5.75 Å². The minimum Gasteiger partial charge on any atom is -0.350 e. The van der Waals surface area contributed by atoms with Crippen molar-refractivity contribution in [3.05, 3.63) is 77.9 Å². The van der Waals surface area contributed by atoms with Crippen LogP contribution in [0.4, 0.5) is 0 Å². The van der Waals surface area contributed by atoms with Gasteiger partial charge in [0.2, 0.25) is 0 Å². The highest BCUT2D eigenvalue weighted by molar-refractivity contribution is 7.99. The highest BCUT2D eigenvalue weighted by Crippen LogP contribution is 2.55. The zero-order chi connectivity index (χ0) is 16.7. The molecule has 128 valence electrons. The number of ether oxygens (including phenoxy) is 1. The third-order valence-corrected chi connectivity index (χ3v) is 7.08. The molecule has 3 heteroatoms. The van der Waals surface area contributed by atoms with Gasteiger partial charge in [0.1, 0.15) is 11.8 Å². The lowest BCUT2D eigenvalue weighted by molar-refractivity contribution is -0.0179. The second-order valence-corrected chi connectivity index (χ2v) is 8.34. The van der Waals surface area contributed by atoms with Crippen molar-refractivity contribution in [3.63, 3.8) is 0 Å². The molecule has 2 saturated heterocycles. The van der Waals surface area contributed by atoms with Gasteiger partial charge in [-0.1, -0.05) is 72.8 Å². The van der Waals surface area contributed by atoms with Crippen LogP contribution in [0, 0.1) is 0 Å². The van der Waals surface area contributed by atoms with E-state index in [0.29, 0.717) is 11.4 Å². The Morgan fingerprint density at radius 3 is 2.60 bits per heavy atom. The fraction of sp³-hybridized carbons (Fsp3) is 0.364. The molecule has 3 fully saturated rings. The van der Waals surface area contributed by atoms with Crippen molar-refractivity contribution in [1.82, 2.24) is 4.90 Å². The monoisotopic (exact) mass is 349 g/mol. The van der Waals surface area contributed by atoms with Gasteiger partial charge >= 0.3 is 0 Å². The van der Waals surface area contributed by atoms with Crippen LogP contribution in [-0.4, -0.2) is 28.5 Å². The smallest absolute Gasteiger partial charge is 0.122 e. The minimum absolute atomic E-state index is 0.103. The first-order valence-corrected chi connectivity index (χ1v) is 10.3. The fourth-order valence-corrected chi connectivity index (χ4v) is 6.04. The summed E-state index contributed by atoms with van der Waals surface area (Å²) in [5.74, 6) is 1.07.